The third-order valence-corrected chi connectivity index (χ3v) is 7.80. The lowest BCUT2D eigenvalue weighted by Crippen LogP contribution is -2.56. The largest absolute Gasteiger partial charge is 0.508 e. The Morgan fingerprint density at radius 3 is 2.20 bits per heavy atom. The lowest BCUT2D eigenvalue weighted by molar-refractivity contribution is -0.145. The summed E-state index contributed by atoms with van der Waals surface area (Å²) in [5, 5.41) is 15.8. The van der Waals surface area contributed by atoms with E-state index in [1.807, 2.05) is 39.0 Å². The first-order chi connectivity index (χ1) is 20.6. The molecule has 0 spiro atoms. The second-order valence-corrected chi connectivity index (χ2v) is 13.3. The number of aryl methyl sites for hydroxylation is 1. The van der Waals surface area contributed by atoms with Crippen LogP contribution in [-0.4, -0.2) is 52.1 Å². The maximum absolute atomic E-state index is 14.8. The quantitative estimate of drug-likeness (QED) is 0.186. The van der Waals surface area contributed by atoms with Gasteiger partial charge in [0.1, 0.15) is 23.4 Å². The Bertz CT molecular complexity index is 1220. The molecule has 0 fully saturated rings. The fourth-order valence-corrected chi connectivity index (χ4v) is 5.18. The molecule has 8 nitrogen and oxygen atoms in total. The van der Waals surface area contributed by atoms with Gasteiger partial charge in [-0.15, -0.1) is 0 Å². The zero-order valence-corrected chi connectivity index (χ0v) is 28.3. The van der Waals surface area contributed by atoms with E-state index in [1.165, 1.54) is 0 Å². The van der Waals surface area contributed by atoms with Crippen molar-refractivity contribution in [3.8, 4) is 5.75 Å². The van der Waals surface area contributed by atoms with Crippen LogP contribution in [-0.2, 0) is 20.7 Å². The van der Waals surface area contributed by atoms with Gasteiger partial charge in [-0.05, 0) is 101 Å². The number of nitrogens with one attached hydrogen (secondary N) is 2. The zero-order valence-electron chi connectivity index (χ0n) is 28.3. The number of rotatable bonds is 15. The average Bonchev–Trinajstić information content (AvgIpc) is 2.93. The molecule has 3 unspecified atom stereocenters. The topological polar surface area (TPSA) is 108 Å². The fraction of sp³-hybridized carbons (Fsp3) is 0.583. The Labute approximate surface area is 264 Å². The van der Waals surface area contributed by atoms with E-state index in [-0.39, 0.29) is 30.0 Å². The zero-order chi connectivity index (χ0) is 33.0. The Balaban J connectivity index is 2.67. The molecule has 0 aromatic heterocycles. The highest BCUT2D eigenvalue weighted by Gasteiger charge is 2.39. The second kappa shape index (κ2) is 17.1. The van der Waals surface area contributed by atoms with E-state index < -0.39 is 23.8 Å². The number of benzene rings is 2. The number of carbonyl (C=O) groups is 3. The van der Waals surface area contributed by atoms with Gasteiger partial charge in [0, 0.05) is 19.0 Å². The highest BCUT2D eigenvalue weighted by molar-refractivity contribution is 5.92. The van der Waals surface area contributed by atoms with Crippen molar-refractivity contribution in [3.05, 3.63) is 64.7 Å². The van der Waals surface area contributed by atoms with Gasteiger partial charge >= 0.3 is 6.09 Å². The number of amides is 3. The van der Waals surface area contributed by atoms with Crippen LogP contribution in [0.1, 0.15) is 109 Å². The number of aromatic hydroxyl groups is 1. The lowest BCUT2D eigenvalue weighted by Gasteiger charge is -2.39. The summed E-state index contributed by atoms with van der Waals surface area (Å²) in [6.07, 6.45) is 3.87. The predicted octanol–water partition coefficient (Wildman–Crippen LogP) is 7.15. The molecule has 3 atom stereocenters. The molecule has 0 aliphatic carbocycles. The highest BCUT2D eigenvalue weighted by Crippen LogP contribution is 2.31. The number of nitrogens with zero attached hydrogens (tertiary/aromatic N) is 1. The standard InChI is InChI=1S/C36H55N3O5/c1-10-11-12-22-37-33(41)32(30-15-13-14-25(4)27(30)6)39(26(5)17-16-24(2)3)34(42)31(38-35(43)44-36(7,8)9)23-28-18-20-29(40)21-19-28/h13-15,18-21,24,26,31-32,40H,10-12,16-17,22-23H2,1-9H3,(H,37,41)(H,38,43). The minimum absolute atomic E-state index is 0.107. The van der Waals surface area contributed by atoms with Crippen LogP contribution in [0.25, 0.3) is 0 Å². The summed E-state index contributed by atoms with van der Waals surface area (Å²) in [6, 6.07) is 10.2. The van der Waals surface area contributed by atoms with E-state index in [1.54, 1.807) is 49.9 Å². The smallest absolute Gasteiger partial charge is 0.408 e. The molecule has 0 aliphatic heterocycles. The van der Waals surface area contributed by atoms with Crippen LogP contribution in [0.5, 0.6) is 5.75 Å². The third kappa shape index (κ3) is 11.5. The van der Waals surface area contributed by atoms with Crippen molar-refractivity contribution in [1.82, 2.24) is 15.5 Å². The SMILES string of the molecule is CCCCCNC(=O)C(c1cccc(C)c1C)N(C(=O)C(Cc1ccc(O)cc1)NC(=O)OC(C)(C)C)C(C)CCC(C)C. The third-order valence-electron chi connectivity index (χ3n) is 7.80. The molecular formula is C36H55N3O5. The summed E-state index contributed by atoms with van der Waals surface area (Å²) >= 11 is 0. The van der Waals surface area contributed by atoms with Gasteiger partial charge in [-0.25, -0.2) is 4.79 Å². The van der Waals surface area contributed by atoms with Crippen LogP contribution in [0.3, 0.4) is 0 Å². The Hall–Kier alpha value is -3.55. The maximum Gasteiger partial charge on any atom is 0.408 e. The summed E-state index contributed by atoms with van der Waals surface area (Å²) < 4.78 is 5.56. The van der Waals surface area contributed by atoms with E-state index >= 15 is 0 Å². The van der Waals surface area contributed by atoms with Gasteiger partial charge in [0.15, 0.2) is 0 Å². The first kappa shape index (κ1) is 36.6. The number of hydrogen-bond acceptors (Lipinski definition) is 5. The van der Waals surface area contributed by atoms with E-state index in [0.29, 0.717) is 18.9 Å². The van der Waals surface area contributed by atoms with E-state index in [9.17, 15) is 19.5 Å². The van der Waals surface area contributed by atoms with Gasteiger partial charge in [0.05, 0.1) is 0 Å². The molecule has 3 amide bonds. The van der Waals surface area contributed by atoms with Crippen molar-refractivity contribution in [2.24, 2.45) is 5.92 Å². The van der Waals surface area contributed by atoms with Crippen LogP contribution in [0.15, 0.2) is 42.5 Å². The molecule has 2 aromatic rings. The number of phenols is 1. The predicted molar refractivity (Wildman–Crippen MR) is 177 cm³/mol. The molecule has 2 aromatic carbocycles. The van der Waals surface area contributed by atoms with Gasteiger partial charge in [-0.3, -0.25) is 9.59 Å². The fourth-order valence-electron chi connectivity index (χ4n) is 5.18. The van der Waals surface area contributed by atoms with E-state index in [4.69, 9.17) is 4.74 Å². The minimum atomic E-state index is -1.02. The number of hydrogen-bond donors (Lipinski definition) is 3. The van der Waals surface area contributed by atoms with Crippen molar-refractivity contribution in [2.45, 2.75) is 125 Å². The van der Waals surface area contributed by atoms with Crippen LogP contribution in [0, 0.1) is 19.8 Å². The average molecular weight is 610 g/mol. The molecule has 244 valence electrons. The maximum atomic E-state index is 14.8. The molecule has 0 saturated carbocycles. The molecule has 0 radical (unpaired) electrons. The molecule has 0 aliphatic rings. The summed E-state index contributed by atoms with van der Waals surface area (Å²) in [5.41, 5.74) is 2.73. The van der Waals surface area contributed by atoms with E-state index in [2.05, 4.69) is 31.4 Å². The first-order valence-electron chi connectivity index (χ1n) is 16.1. The normalized spacial score (nSPS) is 13.6. The number of alkyl carbamates (subject to hydrolysis) is 1. The monoisotopic (exact) mass is 609 g/mol. The molecule has 0 saturated heterocycles. The van der Waals surface area contributed by atoms with Gasteiger partial charge in [-0.2, -0.15) is 0 Å². The van der Waals surface area contributed by atoms with Crippen molar-refractivity contribution in [1.29, 1.82) is 0 Å². The highest BCUT2D eigenvalue weighted by atomic mass is 16.6. The Kier molecular flexibility index (Phi) is 14.2. The van der Waals surface area contributed by atoms with Gasteiger partial charge < -0.3 is 25.4 Å². The van der Waals surface area contributed by atoms with Gasteiger partial charge in [0.25, 0.3) is 0 Å². The van der Waals surface area contributed by atoms with Crippen molar-refractivity contribution in [2.75, 3.05) is 6.54 Å². The minimum Gasteiger partial charge on any atom is -0.508 e. The number of ether oxygens (including phenoxy) is 1. The molecule has 8 heteroatoms. The van der Waals surface area contributed by atoms with Crippen molar-refractivity contribution < 1.29 is 24.2 Å². The molecule has 44 heavy (non-hydrogen) atoms. The lowest BCUT2D eigenvalue weighted by atomic mass is 9.92. The number of unbranched alkanes of at least 4 members (excludes halogenated alkanes) is 2. The summed E-state index contributed by atoms with van der Waals surface area (Å²) in [7, 11) is 0. The number of carbonyl (C=O) groups excluding carboxylic acids is 3. The van der Waals surface area contributed by atoms with Crippen LogP contribution in [0.2, 0.25) is 0 Å². The second-order valence-electron chi connectivity index (χ2n) is 13.3. The van der Waals surface area contributed by atoms with Crippen molar-refractivity contribution in [3.63, 3.8) is 0 Å². The number of phenolic OH excluding ortho intramolecular Hbond substituents is 1. The van der Waals surface area contributed by atoms with Crippen molar-refractivity contribution >= 4 is 17.9 Å². The van der Waals surface area contributed by atoms with E-state index in [0.717, 1.165) is 47.9 Å². The van der Waals surface area contributed by atoms with Gasteiger partial charge in [0.2, 0.25) is 11.8 Å². The van der Waals surface area contributed by atoms with Gasteiger partial charge in [-0.1, -0.05) is 63.9 Å². The first-order valence-corrected chi connectivity index (χ1v) is 16.1. The Morgan fingerprint density at radius 2 is 1.61 bits per heavy atom. The summed E-state index contributed by atoms with van der Waals surface area (Å²) in [5.74, 6) is -0.0884. The molecule has 2 rings (SSSR count). The molecule has 0 bridgehead atoms. The molecule has 0 heterocycles. The van der Waals surface area contributed by atoms with Crippen LogP contribution >= 0.6 is 0 Å². The molecular weight excluding hydrogens is 554 g/mol. The summed E-state index contributed by atoms with van der Waals surface area (Å²) in [6.45, 7) is 18.2. The molecule has 3 N–H and O–H groups in total. The Morgan fingerprint density at radius 1 is 0.955 bits per heavy atom. The van der Waals surface area contributed by atoms with Crippen LogP contribution < -0.4 is 10.6 Å². The van der Waals surface area contributed by atoms with Crippen LogP contribution in [0.4, 0.5) is 4.79 Å². The summed E-state index contributed by atoms with van der Waals surface area (Å²) in [4.78, 5) is 43.7.